The van der Waals surface area contributed by atoms with Crippen molar-refractivity contribution in [3.8, 4) is 60.8 Å². The quantitative estimate of drug-likeness (QED) is 0.193. The monoisotopic (exact) mass is 571 g/mol. The van der Waals surface area contributed by atoms with E-state index in [1.807, 2.05) is 34.0 Å². The maximum atomic E-state index is 5.18. The largest absolute Gasteiger partial charge is 0.246 e. The van der Waals surface area contributed by atoms with E-state index in [0.717, 1.165) is 11.4 Å². The molecule has 7 aromatic heterocycles. The van der Waals surface area contributed by atoms with Crippen molar-refractivity contribution in [1.29, 1.82) is 0 Å². The normalized spacial score (nSPS) is 11.3. The van der Waals surface area contributed by atoms with Gasteiger partial charge in [0.25, 0.3) is 0 Å². The summed E-state index contributed by atoms with van der Waals surface area (Å²) in [6.07, 6.45) is 0. The van der Waals surface area contributed by atoms with Gasteiger partial charge in [0, 0.05) is 34.1 Å². The third-order valence-corrected chi connectivity index (χ3v) is 12.3. The molecule has 0 atom stereocenters. The summed E-state index contributed by atoms with van der Waals surface area (Å²) < 4.78 is 0. The van der Waals surface area contributed by atoms with Gasteiger partial charge in [0.1, 0.15) is 0 Å². The van der Waals surface area contributed by atoms with Crippen LogP contribution in [-0.4, -0.2) is 4.98 Å². The van der Waals surface area contributed by atoms with Gasteiger partial charge in [-0.25, -0.2) is 4.98 Å². The molecule has 0 radical (unpaired) electrons. The molecule has 0 aliphatic rings. The molecule has 0 amide bonds. The van der Waals surface area contributed by atoms with Crippen LogP contribution in [0.25, 0.3) is 60.8 Å². The molecular weight excluding hydrogens is 555 g/mol. The van der Waals surface area contributed by atoms with Gasteiger partial charge in [0.2, 0.25) is 0 Å². The lowest BCUT2D eigenvalue weighted by molar-refractivity contribution is 1.35. The Kier molecular flexibility index (Phi) is 6.05. The minimum absolute atomic E-state index is 1.03. The lowest BCUT2D eigenvalue weighted by atomic mass is 10.1. The van der Waals surface area contributed by atoms with E-state index in [1.54, 1.807) is 34.0 Å². The van der Waals surface area contributed by atoms with Crippen molar-refractivity contribution in [2.75, 3.05) is 0 Å². The first kappa shape index (κ1) is 22.5. The third-order valence-electron chi connectivity index (χ3n) is 5.72. The van der Waals surface area contributed by atoms with Crippen LogP contribution in [0.1, 0.15) is 0 Å². The summed E-state index contributed by atoms with van der Waals surface area (Å²) in [7, 11) is 0. The van der Waals surface area contributed by atoms with E-state index < -0.39 is 0 Å². The minimum Gasteiger partial charge on any atom is -0.246 e. The topological polar surface area (TPSA) is 12.9 Å². The average molecular weight is 572 g/mol. The van der Waals surface area contributed by atoms with E-state index in [4.69, 9.17) is 4.98 Å². The molecule has 0 bridgehead atoms. The Morgan fingerprint density at radius 2 is 0.778 bits per heavy atom. The summed E-state index contributed by atoms with van der Waals surface area (Å²) >= 11 is 10.8. The van der Waals surface area contributed by atoms with E-state index in [2.05, 4.69) is 101 Å². The Morgan fingerprint density at radius 3 is 1.19 bits per heavy atom. The van der Waals surface area contributed by atoms with Gasteiger partial charge in [-0.05, 0) is 88.4 Å². The van der Waals surface area contributed by atoms with Crippen LogP contribution < -0.4 is 0 Å². The molecule has 7 rings (SSSR count). The van der Waals surface area contributed by atoms with Crippen molar-refractivity contribution in [1.82, 2.24) is 4.98 Å². The van der Waals surface area contributed by atoms with Crippen molar-refractivity contribution in [2.24, 2.45) is 0 Å². The maximum absolute atomic E-state index is 5.18. The number of rotatable bonds is 6. The molecule has 0 aliphatic carbocycles. The molecule has 0 saturated heterocycles. The summed E-state index contributed by atoms with van der Waals surface area (Å²) in [5, 5.41) is 6.41. The van der Waals surface area contributed by atoms with Gasteiger partial charge in [0.15, 0.2) is 0 Å². The SMILES string of the molecule is c1csc(-c2ccc(-c3cc(-c4ccc(-c5cccs5)s4)nc(-c4ccc(-c5cccs5)s4)c3)s2)c1. The van der Waals surface area contributed by atoms with Gasteiger partial charge >= 0.3 is 0 Å². The van der Waals surface area contributed by atoms with Crippen molar-refractivity contribution in [3.63, 3.8) is 0 Å². The van der Waals surface area contributed by atoms with Crippen LogP contribution in [0, 0.1) is 0 Å². The molecule has 7 heteroatoms. The summed E-state index contributed by atoms with van der Waals surface area (Å²) in [5.41, 5.74) is 3.29. The Morgan fingerprint density at radius 1 is 0.389 bits per heavy atom. The minimum atomic E-state index is 1.03. The first-order valence-electron chi connectivity index (χ1n) is 11.2. The Bertz CT molecular complexity index is 1510. The van der Waals surface area contributed by atoms with Gasteiger partial charge in [-0.15, -0.1) is 68.0 Å². The van der Waals surface area contributed by atoms with Crippen molar-refractivity contribution in [3.05, 3.63) is 101 Å². The highest BCUT2D eigenvalue weighted by Crippen LogP contribution is 2.43. The molecule has 1 nitrogen and oxygen atoms in total. The number of thiophene rings is 6. The fourth-order valence-electron chi connectivity index (χ4n) is 4.02. The highest BCUT2D eigenvalue weighted by Gasteiger charge is 2.15. The van der Waals surface area contributed by atoms with Gasteiger partial charge in [-0.2, -0.15) is 0 Å². The summed E-state index contributed by atoms with van der Waals surface area (Å²) in [6.45, 7) is 0. The number of nitrogens with zero attached hydrogens (tertiary/aromatic N) is 1. The molecule has 0 N–H and O–H groups in total. The lowest BCUT2D eigenvalue weighted by Crippen LogP contribution is -1.87. The lowest BCUT2D eigenvalue weighted by Gasteiger charge is -2.06. The van der Waals surface area contributed by atoms with Gasteiger partial charge in [-0.3, -0.25) is 0 Å². The molecule has 0 aliphatic heterocycles. The molecule has 7 heterocycles. The standard InChI is InChI=1S/C29H17NS6/c1-4-24(31-13-1)27-10-7-21(34-27)18-16-19(22-8-11-28(35-22)25-5-2-14-32-25)30-20(17-18)23-9-12-29(36-23)26-6-3-15-33-26/h1-17H. The number of aromatic nitrogens is 1. The summed E-state index contributed by atoms with van der Waals surface area (Å²) in [5.74, 6) is 0. The predicted molar refractivity (Wildman–Crippen MR) is 164 cm³/mol. The van der Waals surface area contributed by atoms with E-state index in [-0.39, 0.29) is 0 Å². The first-order valence-corrected chi connectivity index (χ1v) is 16.3. The van der Waals surface area contributed by atoms with Crippen LogP contribution in [-0.2, 0) is 0 Å². The molecular formula is C29H17NS6. The van der Waals surface area contributed by atoms with E-state index in [0.29, 0.717) is 0 Å². The van der Waals surface area contributed by atoms with Crippen LogP contribution in [0.4, 0.5) is 0 Å². The molecule has 0 fully saturated rings. The highest BCUT2D eigenvalue weighted by molar-refractivity contribution is 7.24. The van der Waals surface area contributed by atoms with Crippen LogP contribution in [0.15, 0.2) is 101 Å². The smallest absolute Gasteiger partial charge is 0.0816 e. The fourth-order valence-corrected chi connectivity index (χ4v) is 9.45. The molecule has 174 valence electrons. The first-order chi connectivity index (χ1) is 17.8. The van der Waals surface area contributed by atoms with Crippen LogP contribution in [0.2, 0.25) is 0 Å². The number of pyridine rings is 1. The summed E-state index contributed by atoms with van der Waals surface area (Å²) in [4.78, 5) is 16.7. The average Bonchev–Trinajstić information content (AvgIpc) is 3.77. The van der Waals surface area contributed by atoms with Gasteiger partial charge in [-0.1, -0.05) is 18.2 Å². The second-order valence-electron chi connectivity index (χ2n) is 8.05. The van der Waals surface area contributed by atoms with Crippen molar-refractivity contribution < 1.29 is 0 Å². The maximum Gasteiger partial charge on any atom is 0.0816 e. The fraction of sp³-hybridized carbons (Fsp3) is 0. The van der Waals surface area contributed by atoms with E-state index in [1.165, 1.54) is 49.5 Å². The number of hydrogen-bond donors (Lipinski definition) is 0. The molecule has 0 unspecified atom stereocenters. The Balaban J connectivity index is 1.34. The third kappa shape index (κ3) is 4.36. The highest BCUT2D eigenvalue weighted by atomic mass is 32.1. The zero-order valence-corrected chi connectivity index (χ0v) is 23.6. The molecule has 0 spiro atoms. The van der Waals surface area contributed by atoms with Crippen LogP contribution in [0.5, 0.6) is 0 Å². The molecule has 36 heavy (non-hydrogen) atoms. The molecule has 7 aromatic rings. The second-order valence-corrected chi connectivity index (χ2v) is 14.1. The van der Waals surface area contributed by atoms with Gasteiger partial charge < -0.3 is 0 Å². The van der Waals surface area contributed by atoms with Gasteiger partial charge in [0.05, 0.1) is 21.1 Å². The predicted octanol–water partition coefficient (Wildman–Crippen LogP) is 11.5. The van der Waals surface area contributed by atoms with E-state index >= 15 is 0 Å². The van der Waals surface area contributed by atoms with E-state index in [9.17, 15) is 0 Å². The number of hydrogen-bond acceptors (Lipinski definition) is 7. The Hall–Kier alpha value is -2.65. The van der Waals surface area contributed by atoms with Crippen LogP contribution in [0.3, 0.4) is 0 Å². The zero-order chi connectivity index (χ0) is 23.9. The Labute approximate surface area is 233 Å². The molecule has 0 saturated carbocycles. The molecule has 0 aromatic carbocycles. The second kappa shape index (κ2) is 9.67. The van der Waals surface area contributed by atoms with Crippen molar-refractivity contribution >= 4 is 68.0 Å². The van der Waals surface area contributed by atoms with Crippen LogP contribution >= 0.6 is 68.0 Å². The summed E-state index contributed by atoms with van der Waals surface area (Å²) in [6, 6.07) is 30.8. The van der Waals surface area contributed by atoms with Crippen molar-refractivity contribution in [2.45, 2.75) is 0 Å². The zero-order valence-electron chi connectivity index (χ0n) is 18.7.